The summed E-state index contributed by atoms with van der Waals surface area (Å²) in [5, 5.41) is 9.06. The summed E-state index contributed by atoms with van der Waals surface area (Å²) in [5.41, 5.74) is 1.08. The smallest absolute Gasteiger partial charge is 0.316 e. The summed E-state index contributed by atoms with van der Waals surface area (Å²) in [6.07, 6.45) is 1.69. The lowest BCUT2D eigenvalue weighted by molar-refractivity contribution is -0.146. The van der Waals surface area contributed by atoms with Crippen molar-refractivity contribution in [2.45, 2.75) is 25.3 Å². The molecule has 1 fully saturated rings. The molecule has 1 unspecified atom stereocenters. The van der Waals surface area contributed by atoms with Crippen molar-refractivity contribution in [1.82, 2.24) is 0 Å². The van der Waals surface area contributed by atoms with Gasteiger partial charge in [0.1, 0.15) is 11.7 Å². The number of carboxylic acid groups (broad SMARTS) is 1. The van der Waals surface area contributed by atoms with Gasteiger partial charge in [-0.3, -0.25) is 9.59 Å². The van der Waals surface area contributed by atoms with E-state index in [-0.39, 0.29) is 17.5 Å². The van der Waals surface area contributed by atoms with Crippen LogP contribution in [0.3, 0.4) is 0 Å². The first-order chi connectivity index (χ1) is 8.99. The highest BCUT2D eigenvalue weighted by Crippen LogP contribution is 2.41. The minimum atomic E-state index is -1.17. The molecule has 1 saturated carbocycles. The molecule has 1 atom stereocenters. The number of anilines is 1. The highest BCUT2D eigenvalue weighted by atomic mass is 35.5. The number of carbonyl (C=O) groups excluding carboxylic acids is 1. The van der Waals surface area contributed by atoms with E-state index in [1.165, 1.54) is 17.0 Å². The predicted octanol–water partition coefficient (Wildman–Crippen LogP) is 2.23. The first-order valence-electron chi connectivity index (χ1n) is 6.03. The fourth-order valence-corrected chi connectivity index (χ4v) is 2.62. The van der Waals surface area contributed by atoms with E-state index in [0.717, 1.165) is 12.8 Å². The van der Waals surface area contributed by atoms with Crippen LogP contribution in [0.5, 0.6) is 0 Å². The Balaban J connectivity index is 2.12. The Bertz CT molecular complexity index is 585. The quantitative estimate of drug-likeness (QED) is 0.847. The van der Waals surface area contributed by atoms with E-state index in [2.05, 4.69) is 0 Å². The minimum absolute atomic E-state index is 0.0147. The van der Waals surface area contributed by atoms with Crippen LogP contribution in [0.2, 0.25) is 5.02 Å². The fourth-order valence-electron chi connectivity index (χ4n) is 2.46. The number of fused-ring (bicyclic) bond motifs is 1. The summed E-state index contributed by atoms with van der Waals surface area (Å²) in [7, 11) is 0. The van der Waals surface area contributed by atoms with Crippen molar-refractivity contribution in [2.24, 2.45) is 5.92 Å². The number of benzene rings is 1. The molecule has 0 spiro atoms. The van der Waals surface area contributed by atoms with Gasteiger partial charge in [-0.15, -0.1) is 0 Å². The zero-order valence-electron chi connectivity index (χ0n) is 9.90. The molecule has 19 heavy (non-hydrogen) atoms. The van der Waals surface area contributed by atoms with Crippen LogP contribution in [0.1, 0.15) is 18.4 Å². The van der Waals surface area contributed by atoms with Gasteiger partial charge in [-0.1, -0.05) is 11.6 Å². The summed E-state index contributed by atoms with van der Waals surface area (Å²) in [4.78, 5) is 24.8. The molecule has 6 heteroatoms. The molecule has 1 aromatic rings. The molecule has 1 aromatic carbocycles. The highest BCUT2D eigenvalue weighted by Gasteiger charge is 2.44. The van der Waals surface area contributed by atoms with E-state index in [1.54, 1.807) is 0 Å². The molecule has 1 N–H and O–H groups in total. The van der Waals surface area contributed by atoms with E-state index in [0.29, 0.717) is 11.3 Å². The number of amides is 1. The van der Waals surface area contributed by atoms with Gasteiger partial charge in [0.15, 0.2) is 0 Å². The molecule has 2 aliphatic rings. The van der Waals surface area contributed by atoms with E-state index < -0.39 is 23.6 Å². The molecule has 0 radical (unpaired) electrons. The Kier molecular flexibility index (Phi) is 2.74. The van der Waals surface area contributed by atoms with Crippen molar-refractivity contribution in [3.63, 3.8) is 0 Å². The summed E-state index contributed by atoms with van der Waals surface area (Å²) < 4.78 is 13.5. The van der Waals surface area contributed by atoms with Gasteiger partial charge in [-0.25, -0.2) is 4.39 Å². The summed E-state index contributed by atoms with van der Waals surface area (Å²) in [6, 6.07) is 2.67. The van der Waals surface area contributed by atoms with Crippen molar-refractivity contribution >= 4 is 29.2 Å². The van der Waals surface area contributed by atoms with Gasteiger partial charge in [0.05, 0.1) is 5.02 Å². The lowest BCUT2D eigenvalue weighted by Crippen LogP contribution is -2.45. The van der Waals surface area contributed by atoms with Crippen molar-refractivity contribution in [1.29, 1.82) is 0 Å². The number of hydrogen-bond donors (Lipinski definition) is 1. The largest absolute Gasteiger partial charge is 0.481 e. The SMILES string of the molecule is O=C(O)C1Cc2cc(F)c(Cl)cc2N(C2CC2)C1=O. The van der Waals surface area contributed by atoms with Crippen LogP contribution in [0.15, 0.2) is 12.1 Å². The average Bonchev–Trinajstić information content (AvgIpc) is 3.14. The van der Waals surface area contributed by atoms with Crippen LogP contribution < -0.4 is 4.90 Å². The average molecular weight is 284 g/mol. The summed E-state index contributed by atoms with van der Waals surface area (Å²) >= 11 is 5.75. The van der Waals surface area contributed by atoms with E-state index >= 15 is 0 Å². The Morgan fingerprint density at radius 3 is 2.68 bits per heavy atom. The number of carbonyl (C=O) groups is 2. The van der Waals surface area contributed by atoms with Gasteiger partial charge in [0.25, 0.3) is 0 Å². The molecule has 0 saturated heterocycles. The number of rotatable bonds is 2. The molecule has 1 amide bonds. The second-order valence-electron chi connectivity index (χ2n) is 4.93. The molecule has 0 aromatic heterocycles. The van der Waals surface area contributed by atoms with Gasteiger partial charge in [-0.2, -0.15) is 0 Å². The molecular weight excluding hydrogens is 273 g/mol. The maximum Gasteiger partial charge on any atom is 0.316 e. The molecule has 1 aliphatic carbocycles. The number of hydrogen-bond acceptors (Lipinski definition) is 2. The lowest BCUT2D eigenvalue weighted by atomic mass is 9.91. The van der Waals surface area contributed by atoms with E-state index in [9.17, 15) is 14.0 Å². The third-order valence-electron chi connectivity index (χ3n) is 3.55. The lowest BCUT2D eigenvalue weighted by Gasteiger charge is -2.33. The molecule has 3 rings (SSSR count). The summed E-state index contributed by atoms with van der Waals surface area (Å²) in [5.74, 6) is -3.31. The first kappa shape index (κ1) is 12.4. The van der Waals surface area contributed by atoms with E-state index in [1.807, 2.05) is 0 Å². The summed E-state index contributed by atoms with van der Waals surface area (Å²) in [6.45, 7) is 0. The zero-order valence-corrected chi connectivity index (χ0v) is 10.7. The van der Waals surface area contributed by atoms with Crippen LogP contribution in [0.25, 0.3) is 0 Å². The van der Waals surface area contributed by atoms with Gasteiger partial charge < -0.3 is 10.0 Å². The van der Waals surface area contributed by atoms with Gasteiger partial charge in [-0.05, 0) is 37.0 Å². The normalized spacial score (nSPS) is 22.3. The van der Waals surface area contributed by atoms with Gasteiger partial charge >= 0.3 is 5.97 Å². The monoisotopic (exact) mass is 283 g/mol. The molecule has 100 valence electrons. The number of nitrogens with zero attached hydrogens (tertiary/aromatic N) is 1. The van der Waals surface area contributed by atoms with Crippen LogP contribution in [0, 0.1) is 11.7 Å². The second kappa shape index (κ2) is 4.20. The maximum atomic E-state index is 13.5. The number of carboxylic acids is 1. The van der Waals surface area contributed by atoms with Crippen LogP contribution in [0.4, 0.5) is 10.1 Å². The van der Waals surface area contributed by atoms with Crippen molar-refractivity contribution in [3.05, 3.63) is 28.5 Å². The third kappa shape index (κ3) is 1.98. The van der Waals surface area contributed by atoms with Crippen LogP contribution in [-0.2, 0) is 16.0 Å². The number of aliphatic carboxylic acids is 1. The molecule has 1 aliphatic heterocycles. The molecule has 0 bridgehead atoms. The Labute approximate surface area is 113 Å². The first-order valence-corrected chi connectivity index (χ1v) is 6.40. The second-order valence-corrected chi connectivity index (χ2v) is 5.34. The number of halogens is 2. The van der Waals surface area contributed by atoms with Crippen LogP contribution >= 0.6 is 11.6 Å². The van der Waals surface area contributed by atoms with Crippen LogP contribution in [-0.4, -0.2) is 23.0 Å². The topological polar surface area (TPSA) is 57.6 Å². The highest BCUT2D eigenvalue weighted by molar-refractivity contribution is 6.31. The minimum Gasteiger partial charge on any atom is -0.481 e. The molecule has 1 heterocycles. The van der Waals surface area contributed by atoms with Crippen molar-refractivity contribution in [3.8, 4) is 0 Å². The third-order valence-corrected chi connectivity index (χ3v) is 3.84. The van der Waals surface area contributed by atoms with Crippen molar-refractivity contribution in [2.75, 3.05) is 4.90 Å². The standard InChI is InChI=1S/C13H11ClFNO3/c14-9-5-11-6(4-10(9)15)3-8(13(18)19)12(17)16(11)7-1-2-7/h4-5,7-8H,1-3H2,(H,18,19). The molecular formula is C13H11ClFNO3. The maximum absolute atomic E-state index is 13.5. The molecule has 4 nitrogen and oxygen atoms in total. The zero-order chi connectivity index (χ0) is 13.7. The predicted molar refractivity (Wildman–Crippen MR) is 66.7 cm³/mol. The Hall–Kier alpha value is -1.62. The van der Waals surface area contributed by atoms with Gasteiger partial charge in [0.2, 0.25) is 5.91 Å². The fraction of sp³-hybridized carbons (Fsp3) is 0.385. The Morgan fingerprint density at radius 1 is 1.42 bits per heavy atom. The van der Waals surface area contributed by atoms with Crippen molar-refractivity contribution < 1.29 is 19.1 Å². The van der Waals surface area contributed by atoms with Gasteiger partial charge in [0, 0.05) is 11.7 Å². The van der Waals surface area contributed by atoms with E-state index in [4.69, 9.17) is 16.7 Å². The Morgan fingerprint density at radius 2 is 2.11 bits per heavy atom.